The van der Waals surface area contributed by atoms with Crippen molar-refractivity contribution in [3.63, 3.8) is 0 Å². The second-order valence-corrected chi connectivity index (χ2v) is 7.50. The molecule has 0 spiro atoms. The minimum Gasteiger partial charge on any atom is -0.497 e. The Bertz CT molecular complexity index is 1250. The van der Waals surface area contributed by atoms with Gasteiger partial charge in [-0.2, -0.15) is 0 Å². The molecule has 0 atom stereocenters. The van der Waals surface area contributed by atoms with E-state index >= 15 is 0 Å². The first-order chi connectivity index (χ1) is 14.6. The van der Waals surface area contributed by atoms with E-state index in [2.05, 4.69) is 0 Å². The molecule has 0 radical (unpaired) electrons. The van der Waals surface area contributed by atoms with Crippen LogP contribution in [0, 0.1) is 0 Å². The fourth-order valence-corrected chi connectivity index (χ4v) is 4.36. The molecule has 0 N–H and O–H groups in total. The van der Waals surface area contributed by atoms with Gasteiger partial charge in [0.15, 0.2) is 11.5 Å². The predicted molar refractivity (Wildman–Crippen MR) is 117 cm³/mol. The highest BCUT2D eigenvalue weighted by atomic mass is 32.1. The van der Waals surface area contributed by atoms with Gasteiger partial charge in [0, 0.05) is 32.8 Å². The van der Waals surface area contributed by atoms with E-state index in [1.54, 1.807) is 45.8 Å². The van der Waals surface area contributed by atoms with Gasteiger partial charge in [-0.25, -0.2) is 4.79 Å². The Kier molecular flexibility index (Phi) is 5.37. The molecule has 4 aromatic rings. The van der Waals surface area contributed by atoms with Gasteiger partial charge in [0.2, 0.25) is 5.75 Å². The molecular weight excluding hydrogens is 404 g/mol. The molecule has 0 aliphatic heterocycles. The molecule has 4 rings (SSSR count). The maximum atomic E-state index is 12.1. The van der Waals surface area contributed by atoms with Gasteiger partial charge in [-0.3, -0.25) is 0 Å². The number of hydrogen-bond donors (Lipinski definition) is 0. The van der Waals surface area contributed by atoms with Crippen LogP contribution in [-0.4, -0.2) is 28.4 Å². The van der Waals surface area contributed by atoms with Gasteiger partial charge in [0.1, 0.15) is 11.3 Å². The summed E-state index contributed by atoms with van der Waals surface area (Å²) in [6.45, 7) is 0. The minimum absolute atomic E-state index is 0.409. The van der Waals surface area contributed by atoms with Crippen molar-refractivity contribution in [1.82, 2.24) is 0 Å². The fraction of sp³-hybridized carbons (Fsp3) is 0.174. The lowest BCUT2D eigenvalue weighted by Crippen LogP contribution is -1.97. The van der Waals surface area contributed by atoms with Gasteiger partial charge in [-0.1, -0.05) is 0 Å². The van der Waals surface area contributed by atoms with Crippen molar-refractivity contribution >= 4 is 22.3 Å². The van der Waals surface area contributed by atoms with Crippen molar-refractivity contribution in [2.75, 3.05) is 28.4 Å². The van der Waals surface area contributed by atoms with Crippen molar-refractivity contribution in [3.8, 4) is 43.9 Å². The van der Waals surface area contributed by atoms with Crippen LogP contribution in [0.2, 0.25) is 0 Å². The van der Waals surface area contributed by atoms with Crippen molar-refractivity contribution in [3.05, 3.63) is 59.0 Å². The minimum atomic E-state index is -0.409. The zero-order valence-electron chi connectivity index (χ0n) is 17.0. The van der Waals surface area contributed by atoms with Crippen LogP contribution in [0.15, 0.2) is 57.7 Å². The van der Waals surface area contributed by atoms with Crippen LogP contribution in [0.5, 0.6) is 23.0 Å². The zero-order valence-corrected chi connectivity index (χ0v) is 17.8. The quantitative estimate of drug-likeness (QED) is 0.395. The second-order valence-electron chi connectivity index (χ2n) is 6.42. The first-order valence-electron chi connectivity index (χ1n) is 9.10. The molecule has 30 heavy (non-hydrogen) atoms. The van der Waals surface area contributed by atoms with Crippen LogP contribution in [0.1, 0.15) is 0 Å². The summed E-state index contributed by atoms with van der Waals surface area (Å²) in [5.41, 5.74) is 1.82. The molecule has 0 saturated heterocycles. The third kappa shape index (κ3) is 3.48. The third-order valence-corrected chi connectivity index (χ3v) is 5.94. The second kappa shape index (κ2) is 8.12. The summed E-state index contributed by atoms with van der Waals surface area (Å²) in [6.07, 6.45) is 0. The van der Waals surface area contributed by atoms with E-state index in [1.807, 2.05) is 36.4 Å². The molecule has 2 heterocycles. The van der Waals surface area contributed by atoms with Gasteiger partial charge in [0.25, 0.3) is 0 Å². The highest BCUT2D eigenvalue weighted by molar-refractivity contribution is 7.18. The number of hydrogen-bond acceptors (Lipinski definition) is 7. The maximum Gasteiger partial charge on any atom is 0.336 e. The Balaban J connectivity index is 1.83. The lowest BCUT2D eigenvalue weighted by Gasteiger charge is -2.13. The standard InChI is InChI=1S/C23H20O6S/c1-25-14-5-6-15-16(12-22(24)29-17(15)11-14)21-8-7-20(30-21)13-9-18(26-2)23(28-4)19(10-13)27-3/h5-12H,1-4H3. The highest BCUT2D eigenvalue weighted by Crippen LogP contribution is 2.44. The van der Waals surface area contributed by atoms with Crippen LogP contribution in [0.4, 0.5) is 0 Å². The Hall–Kier alpha value is -3.45. The molecular formula is C23H20O6S. The van der Waals surface area contributed by atoms with Crippen molar-refractivity contribution in [1.29, 1.82) is 0 Å². The number of fused-ring (bicyclic) bond motifs is 1. The zero-order chi connectivity index (χ0) is 21.3. The largest absolute Gasteiger partial charge is 0.497 e. The lowest BCUT2D eigenvalue weighted by atomic mass is 10.1. The summed E-state index contributed by atoms with van der Waals surface area (Å²) < 4.78 is 26.9. The first kappa shape index (κ1) is 19.8. The summed E-state index contributed by atoms with van der Waals surface area (Å²) in [4.78, 5) is 14.1. The SMILES string of the molecule is COc1ccc2c(-c3ccc(-c4cc(OC)c(OC)c(OC)c4)s3)cc(=O)oc2c1. The molecule has 6 nitrogen and oxygen atoms in total. The summed E-state index contributed by atoms with van der Waals surface area (Å²) in [5, 5.41) is 0.841. The molecule has 0 bridgehead atoms. The molecule has 7 heteroatoms. The van der Waals surface area contributed by atoms with E-state index in [0.29, 0.717) is 28.6 Å². The van der Waals surface area contributed by atoms with E-state index < -0.39 is 5.63 Å². The highest BCUT2D eigenvalue weighted by Gasteiger charge is 2.16. The van der Waals surface area contributed by atoms with Gasteiger partial charge in [-0.05, 0) is 42.0 Å². The molecule has 154 valence electrons. The van der Waals surface area contributed by atoms with E-state index in [4.69, 9.17) is 23.4 Å². The number of methoxy groups -OCH3 is 4. The lowest BCUT2D eigenvalue weighted by molar-refractivity contribution is 0.324. The van der Waals surface area contributed by atoms with Crippen molar-refractivity contribution in [2.24, 2.45) is 0 Å². The van der Waals surface area contributed by atoms with E-state index in [9.17, 15) is 4.79 Å². The average molecular weight is 424 g/mol. The summed E-state index contributed by atoms with van der Waals surface area (Å²) in [6, 6.07) is 14.8. The van der Waals surface area contributed by atoms with Crippen LogP contribution in [0.3, 0.4) is 0 Å². The number of thiophene rings is 1. The topological polar surface area (TPSA) is 67.1 Å². The Morgan fingerprint density at radius 1 is 0.767 bits per heavy atom. The molecule has 2 aromatic heterocycles. The van der Waals surface area contributed by atoms with Crippen molar-refractivity contribution < 1.29 is 23.4 Å². The van der Waals surface area contributed by atoms with Gasteiger partial charge in [0.05, 0.1) is 28.4 Å². The van der Waals surface area contributed by atoms with E-state index in [0.717, 1.165) is 26.3 Å². The van der Waals surface area contributed by atoms with Crippen molar-refractivity contribution in [2.45, 2.75) is 0 Å². The molecule has 0 amide bonds. The number of rotatable bonds is 6. The van der Waals surface area contributed by atoms with Gasteiger partial charge in [-0.15, -0.1) is 11.3 Å². The van der Waals surface area contributed by atoms with E-state index in [1.165, 1.54) is 6.07 Å². The van der Waals surface area contributed by atoms with E-state index in [-0.39, 0.29) is 0 Å². The summed E-state index contributed by atoms with van der Waals surface area (Å²) in [7, 11) is 6.33. The summed E-state index contributed by atoms with van der Waals surface area (Å²) in [5.74, 6) is 2.34. The number of ether oxygens (including phenoxy) is 4. The van der Waals surface area contributed by atoms with Crippen LogP contribution in [-0.2, 0) is 0 Å². The molecule has 0 aliphatic carbocycles. The van der Waals surface area contributed by atoms with Crippen LogP contribution >= 0.6 is 11.3 Å². The molecule has 0 unspecified atom stereocenters. The molecule has 2 aromatic carbocycles. The smallest absolute Gasteiger partial charge is 0.336 e. The third-order valence-electron chi connectivity index (χ3n) is 4.77. The first-order valence-corrected chi connectivity index (χ1v) is 9.92. The Labute approximate surface area is 177 Å². The fourth-order valence-electron chi connectivity index (χ4n) is 3.34. The van der Waals surface area contributed by atoms with Gasteiger partial charge >= 0.3 is 5.63 Å². The predicted octanol–water partition coefficient (Wildman–Crippen LogP) is 5.22. The maximum absolute atomic E-state index is 12.1. The average Bonchev–Trinajstić information content (AvgIpc) is 3.27. The molecule has 0 aliphatic rings. The molecule has 0 saturated carbocycles. The van der Waals surface area contributed by atoms with Crippen LogP contribution < -0.4 is 24.6 Å². The Morgan fingerprint density at radius 2 is 1.47 bits per heavy atom. The van der Waals surface area contributed by atoms with Gasteiger partial charge < -0.3 is 23.4 Å². The monoisotopic (exact) mass is 424 g/mol. The Morgan fingerprint density at radius 3 is 2.10 bits per heavy atom. The normalized spacial score (nSPS) is 10.8. The molecule has 0 fully saturated rings. The van der Waals surface area contributed by atoms with Crippen LogP contribution in [0.25, 0.3) is 31.9 Å². The number of benzene rings is 2. The summed E-state index contributed by atoms with van der Waals surface area (Å²) >= 11 is 1.56.